The van der Waals surface area contributed by atoms with Gasteiger partial charge in [-0.15, -0.1) is 0 Å². The molecule has 0 fully saturated rings. The van der Waals surface area contributed by atoms with E-state index in [0.29, 0.717) is 0 Å². The summed E-state index contributed by atoms with van der Waals surface area (Å²) >= 11 is 0. The molecule has 0 aliphatic carbocycles. The molecule has 1 nitrogen and oxygen atoms in total. The van der Waals surface area contributed by atoms with E-state index >= 15 is 0 Å². The Balaban J connectivity index is 2.63. The van der Waals surface area contributed by atoms with Crippen molar-refractivity contribution in [1.82, 2.24) is 5.09 Å². The maximum absolute atomic E-state index is 4.22. The van der Waals surface area contributed by atoms with Crippen molar-refractivity contribution < 1.29 is 0 Å². The summed E-state index contributed by atoms with van der Waals surface area (Å²) in [5.74, 6) is 2.11. The van der Waals surface area contributed by atoms with E-state index in [1.54, 1.807) is 0 Å². The summed E-state index contributed by atoms with van der Waals surface area (Å²) in [6.45, 7) is 0. The lowest BCUT2D eigenvalue weighted by Gasteiger charge is -1.91. The molecule has 2 rings (SSSR count). The van der Waals surface area contributed by atoms with Crippen LogP contribution >= 0.6 is 8.35 Å². The third-order valence-corrected chi connectivity index (χ3v) is 2.02. The third kappa shape index (κ3) is 0.739. The molecule has 0 bridgehead atoms. The van der Waals surface area contributed by atoms with Crippen molar-refractivity contribution in [1.29, 1.82) is 0 Å². The highest BCUT2D eigenvalue weighted by Gasteiger charge is 2.02. The Kier molecular flexibility index (Phi) is 1.03. The Morgan fingerprint density at radius 1 is 1.22 bits per heavy atom. The number of rotatable bonds is 0. The van der Waals surface area contributed by atoms with Gasteiger partial charge in [0.15, 0.2) is 0 Å². The van der Waals surface area contributed by atoms with E-state index in [4.69, 9.17) is 0 Å². The van der Waals surface area contributed by atoms with Gasteiger partial charge in [0.1, 0.15) is 0 Å². The summed E-state index contributed by atoms with van der Waals surface area (Å²) in [4.78, 5) is 0. The lowest BCUT2D eigenvalue weighted by Crippen LogP contribution is -1.77. The van der Waals surface area contributed by atoms with Crippen LogP contribution in [-0.2, 0) is 0 Å². The van der Waals surface area contributed by atoms with Gasteiger partial charge in [0.2, 0.25) is 0 Å². The van der Waals surface area contributed by atoms with Crippen LogP contribution in [0.25, 0.3) is 0 Å². The quantitative estimate of drug-likeness (QED) is 0.481. The normalized spacial score (nSPS) is 14.7. The van der Waals surface area contributed by atoms with Crippen molar-refractivity contribution in [3.05, 3.63) is 29.8 Å². The van der Waals surface area contributed by atoms with E-state index in [9.17, 15) is 0 Å². The lowest BCUT2D eigenvalue weighted by molar-refractivity contribution is 1.39. The Morgan fingerprint density at radius 3 is 3.00 bits per heavy atom. The molecule has 1 radical (unpaired) electrons. The van der Waals surface area contributed by atoms with E-state index in [2.05, 4.69) is 17.0 Å². The van der Waals surface area contributed by atoms with Crippen molar-refractivity contribution in [3.8, 4) is 0 Å². The fourth-order valence-electron chi connectivity index (χ4n) is 0.841. The summed E-state index contributed by atoms with van der Waals surface area (Å²) in [5.41, 5.74) is 2.39. The molecule has 1 aliphatic rings. The topological polar surface area (TPSA) is 14.1 Å². The monoisotopic (exact) mass is 134 g/mol. The molecule has 0 spiro atoms. The summed E-state index contributed by atoms with van der Waals surface area (Å²) < 4.78 is 0. The van der Waals surface area contributed by atoms with Crippen molar-refractivity contribution in [2.45, 2.75) is 0 Å². The second-order valence-corrected chi connectivity index (χ2v) is 2.59. The summed E-state index contributed by atoms with van der Waals surface area (Å²) in [6.07, 6.45) is 0. The fourth-order valence-corrected chi connectivity index (χ4v) is 1.55. The minimum Gasteiger partial charge on any atom is -0.227 e. The van der Waals surface area contributed by atoms with Crippen LogP contribution in [0, 0.1) is 0 Å². The van der Waals surface area contributed by atoms with Gasteiger partial charge < -0.3 is 0 Å². The molecule has 1 aromatic carbocycles. The zero-order valence-electron chi connectivity index (χ0n) is 4.78. The zero-order chi connectivity index (χ0) is 6.10. The van der Waals surface area contributed by atoms with E-state index in [0.717, 1.165) is 14.0 Å². The first-order valence-electron chi connectivity index (χ1n) is 2.80. The first kappa shape index (κ1) is 5.01. The smallest absolute Gasteiger partial charge is 0.0755 e. The molecule has 43 valence electrons. The fraction of sp³-hybridized carbons (Fsp3) is 0. The lowest BCUT2D eigenvalue weighted by atomic mass is 10.2. The molecule has 1 aromatic rings. The number of benzene rings is 1. The van der Waals surface area contributed by atoms with Gasteiger partial charge in [-0.05, 0) is 11.9 Å². The summed E-state index contributed by atoms with van der Waals surface area (Å²) in [5, 5.41) is 4.22. The predicted octanol–water partition coefficient (Wildman–Crippen LogP) is 1.95. The average molecular weight is 134 g/mol. The van der Waals surface area contributed by atoms with Crippen LogP contribution < -0.4 is 5.09 Å². The van der Waals surface area contributed by atoms with Gasteiger partial charge in [-0.25, -0.2) is 5.09 Å². The Labute approximate surface area is 55.6 Å². The SMILES string of the molecule is C1=P[N]c2ccccc21. The van der Waals surface area contributed by atoms with Crippen LogP contribution in [0.5, 0.6) is 0 Å². The second kappa shape index (κ2) is 1.85. The van der Waals surface area contributed by atoms with Gasteiger partial charge in [-0.3, -0.25) is 0 Å². The summed E-state index contributed by atoms with van der Waals surface area (Å²) in [6, 6.07) is 8.16. The van der Waals surface area contributed by atoms with Gasteiger partial charge in [0.25, 0.3) is 0 Å². The van der Waals surface area contributed by atoms with E-state index in [1.165, 1.54) is 5.56 Å². The highest BCUT2D eigenvalue weighted by Crippen LogP contribution is 2.23. The Hall–Kier alpha value is -0.810. The molecule has 2 heteroatoms. The standard InChI is InChI=1S/C7H5NP/c1-2-4-7-6(3-1)5-9-8-7/h1-5H. The highest BCUT2D eigenvalue weighted by molar-refractivity contribution is 7.38. The van der Waals surface area contributed by atoms with Crippen LogP contribution in [0.2, 0.25) is 0 Å². The van der Waals surface area contributed by atoms with Crippen LogP contribution in [0.4, 0.5) is 5.69 Å². The van der Waals surface area contributed by atoms with Gasteiger partial charge in [-0.2, -0.15) is 0 Å². The van der Waals surface area contributed by atoms with E-state index in [1.807, 2.05) is 18.2 Å². The molecule has 0 unspecified atom stereocenters. The summed E-state index contributed by atoms with van der Waals surface area (Å²) in [7, 11) is 1.07. The molecule has 0 saturated heterocycles. The van der Waals surface area contributed by atoms with Crippen molar-refractivity contribution in [2.24, 2.45) is 0 Å². The third-order valence-electron chi connectivity index (χ3n) is 1.30. The van der Waals surface area contributed by atoms with Crippen LogP contribution in [0.1, 0.15) is 5.56 Å². The van der Waals surface area contributed by atoms with Crippen molar-refractivity contribution in [3.63, 3.8) is 0 Å². The average Bonchev–Trinajstić information content (AvgIpc) is 2.33. The molecule has 1 aliphatic heterocycles. The first-order chi connectivity index (χ1) is 4.47. The zero-order valence-corrected chi connectivity index (χ0v) is 5.68. The maximum Gasteiger partial charge on any atom is 0.0755 e. The van der Waals surface area contributed by atoms with Crippen LogP contribution in [0.15, 0.2) is 24.3 Å². The molecular formula is C7H5NP. The highest BCUT2D eigenvalue weighted by atomic mass is 31.1. The molecule has 0 N–H and O–H groups in total. The predicted molar refractivity (Wildman–Crippen MR) is 40.3 cm³/mol. The van der Waals surface area contributed by atoms with Gasteiger partial charge in [-0.1, -0.05) is 18.2 Å². The van der Waals surface area contributed by atoms with Gasteiger partial charge in [0, 0.05) is 13.9 Å². The maximum atomic E-state index is 4.22. The second-order valence-electron chi connectivity index (χ2n) is 1.90. The Morgan fingerprint density at radius 2 is 2.11 bits per heavy atom. The van der Waals surface area contributed by atoms with Crippen LogP contribution in [0.3, 0.4) is 0 Å². The van der Waals surface area contributed by atoms with E-state index in [-0.39, 0.29) is 0 Å². The minimum absolute atomic E-state index is 1.07. The van der Waals surface area contributed by atoms with E-state index < -0.39 is 0 Å². The molecule has 9 heavy (non-hydrogen) atoms. The van der Waals surface area contributed by atoms with Gasteiger partial charge in [0.05, 0.1) is 5.69 Å². The van der Waals surface area contributed by atoms with Crippen molar-refractivity contribution >= 4 is 19.8 Å². The molecular weight excluding hydrogens is 129 g/mol. The number of hydrogen-bond acceptors (Lipinski definition) is 0. The van der Waals surface area contributed by atoms with Crippen molar-refractivity contribution in [2.75, 3.05) is 0 Å². The first-order valence-corrected chi connectivity index (χ1v) is 3.71. The van der Waals surface area contributed by atoms with Gasteiger partial charge >= 0.3 is 0 Å². The molecule has 1 heterocycles. The number of nitrogens with zero attached hydrogens (tertiary/aromatic N) is 1. The number of hydrogen-bond donors (Lipinski definition) is 0. The molecule has 0 atom stereocenters. The van der Waals surface area contributed by atoms with Crippen LogP contribution in [-0.4, -0.2) is 5.80 Å². The molecule has 0 saturated carbocycles. The largest absolute Gasteiger partial charge is 0.227 e. The number of fused-ring (bicyclic) bond motifs is 1. The minimum atomic E-state index is 1.07. The molecule has 0 amide bonds. The molecule has 0 aromatic heterocycles. The Bertz CT molecular complexity index is 255.